The summed E-state index contributed by atoms with van der Waals surface area (Å²) in [5, 5.41) is 0. The molecule has 1 aromatic rings. The fourth-order valence-corrected chi connectivity index (χ4v) is 2.42. The van der Waals surface area contributed by atoms with E-state index >= 15 is 0 Å². The van der Waals surface area contributed by atoms with Crippen LogP contribution in [0.1, 0.15) is 51.7 Å². The Hall–Kier alpha value is -2.75. The second-order valence-electron chi connectivity index (χ2n) is 6.56. The number of esters is 2. The average Bonchev–Trinajstić information content (AvgIpc) is 2.64. The maximum Gasteiger partial charge on any atom is 0.416 e. The van der Waals surface area contributed by atoms with Gasteiger partial charge in [-0.15, -0.1) is 0 Å². The molecule has 0 N–H and O–H groups in total. The highest BCUT2D eigenvalue weighted by Gasteiger charge is 2.47. The number of carbonyl (C=O) groups is 2. The Balaban J connectivity index is 3.23. The smallest absolute Gasteiger partial charge is 0.416 e. The molecule has 158 valence electrons. The Morgan fingerprint density at radius 1 is 1.00 bits per heavy atom. The molecule has 7 heteroatoms. The van der Waals surface area contributed by atoms with Crippen LogP contribution in [0.5, 0.6) is 0 Å². The molecule has 0 aliphatic carbocycles. The van der Waals surface area contributed by atoms with E-state index < -0.39 is 29.1 Å². The lowest BCUT2D eigenvalue weighted by Crippen LogP contribution is -2.41. The zero-order chi connectivity index (χ0) is 22.1. The number of alkyl halides is 3. The Kier molecular flexibility index (Phi) is 8.96. The molecule has 4 nitrogen and oxygen atoms in total. The minimum atomic E-state index is -4.43. The van der Waals surface area contributed by atoms with Crippen LogP contribution >= 0.6 is 0 Å². The molecule has 0 spiro atoms. The van der Waals surface area contributed by atoms with E-state index in [0.717, 1.165) is 17.7 Å². The molecule has 0 heterocycles. The largest absolute Gasteiger partial charge is 0.465 e. The summed E-state index contributed by atoms with van der Waals surface area (Å²) in [6, 6.07) is 4.33. The summed E-state index contributed by atoms with van der Waals surface area (Å²) in [5.74, 6) is 3.97. The third-order valence-electron chi connectivity index (χ3n) is 4.03. The predicted octanol–water partition coefficient (Wildman–Crippen LogP) is 4.92. The summed E-state index contributed by atoms with van der Waals surface area (Å²) in [6.45, 7) is 7.08. The van der Waals surface area contributed by atoms with E-state index in [-0.39, 0.29) is 26.1 Å². The van der Waals surface area contributed by atoms with Crippen molar-refractivity contribution in [3.63, 3.8) is 0 Å². The first kappa shape index (κ1) is 24.3. The lowest BCUT2D eigenvalue weighted by atomic mass is 9.80. The van der Waals surface area contributed by atoms with Crippen molar-refractivity contribution in [3.05, 3.63) is 47.0 Å². The van der Waals surface area contributed by atoms with E-state index in [1.807, 2.05) is 13.8 Å². The van der Waals surface area contributed by atoms with E-state index in [1.165, 1.54) is 12.1 Å². The van der Waals surface area contributed by atoms with Crippen LogP contribution in [0.25, 0.3) is 0 Å². The molecule has 0 saturated carbocycles. The van der Waals surface area contributed by atoms with Gasteiger partial charge in [-0.25, -0.2) is 0 Å². The number of benzene rings is 1. The monoisotopic (exact) mass is 410 g/mol. The second kappa shape index (κ2) is 10.7. The van der Waals surface area contributed by atoms with E-state index in [9.17, 15) is 22.8 Å². The zero-order valence-electron chi connectivity index (χ0n) is 17.0. The Labute approximate surface area is 169 Å². The van der Waals surface area contributed by atoms with Crippen molar-refractivity contribution in [1.82, 2.24) is 0 Å². The fraction of sp³-hybridized carbons (Fsp3) is 0.455. The molecule has 0 saturated heterocycles. The quantitative estimate of drug-likeness (QED) is 0.277. The summed E-state index contributed by atoms with van der Waals surface area (Å²) in [6.07, 6.45) is -2.84. The van der Waals surface area contributed by atoms with E-state index in [4.69, 9.17) is 9.47 Å². The van der Waals surface area contributed by atoms with E-state index in [1.54, 1.807) is 19.9 Å². The van der Waals surface area contributed by atoms with Crippen molar-refractivity contribution >= 4 is 11.9 Å². The molecule has 1 aromatic carbocycles. The molecule has 0 bridgehead atoms. The van der Waals surface area contributed by atoms with Crippen molar-refractivity contribution in [3.8, 4) is 11.8 Å². The zero-order valence-corrected chi connectivity index (χ0v) is 17.0. The topological polar surface area (TPSA) is 52.6 Å². The van der Waals surface area contributed by atoms with Crippen LogP contribution in [-0.4, -0.2) is 25.2 Å². The molecule has 0 aliphatic heterocycles. The Morgan fingerprint density at radius 2 is 1.52 bits per heavy atom. The normalized spacial score (nSPS) is 11.1. The van der Waals surface area contributed by atoms with Gasteiger partial charge >= 0.3 is 18.1 Å². The van der Waals surface area contributed by atoms with Gasteiger partial charge in [0.2, 0.25) is 0 Å². The van der Waals surface area contributed by atoms with Crippen LogP contribution in [0, 0.1) is 17.3 Å². The maximum absolute atomic E-state index is 12.7. The number of ether oxygens (including phenoxy) is 2. The first-order valence-electron chi connectivity index (χ1n) is 9.20. The molecule has 0 fully saturated rings. The number of hydrogen-bond acceptors (Lipinski definition) is 4. The van der Waals surface area contributed by atoms with Crippen molar-refractivity contribution in [2.24, 2.45) is 5.41 Å². The lowest BCUT2D eigenvalue weighted by molar-refractivity contribution is -0.171. The number of hydrogen-bond donors (Lipinski definition) is 0. The summed E-state index contributed by atoms with van der Waals surface area (Å²) >= 11 is 0. The number of rotatable bonds is 7. The molecule has 1 rings (SSSR count). The number of allylic oxidation sites excluding steroid dienone is 2. The van der Waals surface area contributed by atoms with Gasteiger partial charge < -0.3 is 9.47 Å². The average molecular weight is 410 g/mol. The molecule has 0 unspecified atom stereocenters. The third-order valence-corrected chi connectivity index (χ3v) is 4.03. The standard InChI is InChI=1S/C22H25F3O4/c1-5-28-19(26)21(15-13-16(3)4,20(27)29-6-2)14-7-8-17-9-11-18(12-10-17)22(23,24)25/h9-13H,5-6,14-15H2,1-4H3. The van der Waals surface area contributed by atoms with Gasteiger partial charge in [-0.05, 0) is 58.4 Å². The molecule has 0 atom stereocenters. The molecule has 0 radical (unpaired) electrons. The van der Waals surface area contributed by atoms with Gasteiger partial charge in [-0.1, -0.05) is 23.5 Å². The second-order valence-corrected chi connectivity index (χ2v) is 6.56. The highest BCUT2D eigenvalue weighted by Crippen LogP contribution is 2.32. The van der Waals surface area contributed by atoms with Gasteiger partial charge in [0, 0.05) is 12.0 Å². The van der Waals surface area contributed by atoms with Crippen molar-refractivity contribution in [2.45, 2.75) is 46.7 Å². The van der Waals surface area contributed by atoms with Gasteiger partial charge in [-0.3, -0.25) is 9.59 Å². The molecule has 0 amide bonds. The highest BCUT2D eigenvalue weighted by molar-refractivity contribution is 6.00. The van der Waals surface area contributed by atoms with Crippen molar-refractivity contribution < 1.29 is 32.2 Å². The van der Waals surface area contributed by atoms with E-state index in [2.05, 4.69) is 11.8 Å². The Bertz CT molecular complexity index is 774. The Morgan fingerprint density at radius 3 is 1.93 bits per heavy atom. The molecule has 0 aromatic heterocycles. The molecule has 29 heavy (non-hydrogen) atoms. The summed E-state index contributed by atoms with van der Waals surface area (Å²) in [4.78, 5) is 25.3. The van der Waals surface area contributed by atoms with Gasteiger partial charge in [0.15, 0.2) is 5.41 Å². The molecule has 0 aliphatic rings. The predicted molar refractivity (Wildman–Crippen MR) is 103 cm³/mol. The third kappa shape index (κ3) is 6.97. The van der Waals surface area contributed by atoms with Crippen LogP contribution < -0.4 is 0 Å². The van der Waals surface area contributed by atoms with Crippen molar-refractivity contribution in [1.29, 1.82) is 0 Å². The van der Waals surface area contributed by atoms with Crippen LogP contribution in [-0.2, 0) is 25.2 Å². The van der Waals surface area contributed by atoms with Gasteiger partial charge in [0.1, 0.15) is 0 Å². The number of halogens is 3. The minimum Gasteiger partial charge on any atom is -0.465 e. The highest BCUT2D eigenvalue weighted by atomic mass is 19.4. The van der Waals surface area contributed by atoms with Crippen LogP contribution in [0.2, 0.25) is 0 Å². The summed E-state index contributed by atoms with van der Waals surface area (Å²) < 4.78 is 48.2. The summed E-state index contributed by atoms with van der Waals surface area (Å²) in [7, 11) is 0. The maximum atomic E-state index is 12.7. The van der Waals surface area contributed by atoms with Crippen LogP contribution in [0.3, 0.4) is 0 Å². The first-order valence-corrected chi connectivity index (χ1v) is 9.20. The van der Waals surface area contributed by atoms with Crippen LogP contribution in [0.15, 0.2) is 35.9 Å². The number of carbonyl (C=O) groups excluding carboxylic acids is 2. The van der Waals surface area contributed by atoms with Gasteiger partial charge in [0.05, 0.1) is 18.8 Å². The molecular weight excluding hydrogens is 385 g/mol. The fourth-order valence-electron chi connectivity index (χ4n) is 2.42. The van der Waals surface area contributed by atoms with Crippen molar-refractivity contribution in [2.75, 3.05) is 13.2 Å². The van der Waals surface area contributed by atoms with E-state index in [0.29, 0.717) is 5.56 Å². The lowest BCUT2D eigenvalue weighted by Gasteiger charge is -2.26. The molecular formula is C22H25F3O4. The van der Waals surface area contributed by atoms with Gasteiger partial charge in [-0.2, -0.15) is 13.2 Å². The minimum absolute atomic E-state index is 0.0503. The SMILES string of the molecule is CCOC(=O)C(CC#Cc1ccc(C(F)(F)F)cc1)(CC=C(C)C)C(=O)OCC. The van der Waals surface area contributed by atoms with Crippen LogP contribution in [0.4, 0.5) is 13.2 Å². The van der Waals surface area contributed by atoms with Gasteiger partial charge in [0.25, 0.3) is 0 Å². The summed E-state index contributed by atoms with van der Waals surface area (Å²) in [5.41, 5.74) is -1.18. The first-order chi connectivity index (χ1) is 13.6.